The molecule has 102 valence electrons. The van der Waals surface area contributed by atoms with Crippen molar-refractivity contribution in [2.75, 3.05) is 11.9 Å². The van der Waals surface area contributed by atoms with Gasteiger partial charge < -0.3 is 10.0 Å². The Bertz CT molecular complexity index is 541. The van der Waals surface area contributed by atoms with Gasteiger partial charge in [-0.1, -0.05) is 0 Å². The smallest absolute Gasteiger partial charge is 0.326 e. The van der Waals surface area contributed by atoms with Crippen LogP contribution < -0.4 is 4.90 Å². The molecule has 1 unspecified atom stereocenters. The summed E-state index contributed by atoms with van der Waals surface area (Å²) < 4.78 is 0. The molecule has 0 spiro atoms. The Morgan fingerprint density at radius 3 is 2.42 bits per heavy atom. The minimum absolute atomic E-state index is 0.0352. The van der Waals surface area contributed by atoms with Crippen LogP contribution in [0.2, 0.25) is 0 Å². The maximum atomic E-state index is 11.4. The van der Waals surface area contributed by atoms with Crippen LogP contribution in [0.25, 0.3) is 0 Å². The fourth-order valence-electron chi connectivity index (χ4n) is 1.57. The van der Waals surface area contributed by atoms with Gasteiger partial charge >= 0.3 is 5.97 Å². The lowest BCUT2D eigenvalue weighted by atomic mass is 10.1. The molecule has 19 heavy (non-hydrogen) atoms. The summed E-state index contributed by atoms with van der Waals surface area (Å²) in [5.41, 5.74) is 0.116. The molecule has 1 rings (SSSR count). The van der Waals surface area contributed by atoms with Crippen LogP contribution in [-0.2, 0) is 4.79 Å². The van der Waals surface area contributed by atoms with Crippen LogP contribution >= 0.6 is 0 Å². The Balaban J connectivity index is 3.26. The molecule has 7 heteroatoms. The standard InChI is InChI=1S/C12H14N2O5/c1-7(12(16)17)13(3)9-4-5-11(14(18)19)10(6-9)8(2)15/h4-7H,1-3H3,(H,16,17). The van der Waals surface area contributed by atoms with Crippen molar-refractivity contribution >= 4 is 23.1 Å². The number of rotatable bonds is 5. The number of Topliss-reactive ketones (excluding diaryl/α,β-unsaturated/α-hetero) is 1. The predicted molar refractivity (Wildman–Crippen MR) is 68.6 cm³/mol. The highest BCUT2D eigenvalue weighted by molar-refractivity contribution is 5.99. The zero-order valence-electron chi connectivity index (χ0n) is 10.8. The number of nitro benzene ring substituents is 1. The number of hydrogen-bond donors (Lipinski definition) is 1. The number of nitrogens with zero attached hydrogens (tertiary/aromatic N) is 2. The summed E-state index contributed by atoms with van der Waals surface area (Å²) in [5.74, 6) is -1.46. The molecule has 1 N–H and O–H groups in total. The molecular formula is C12H14N2O5. The van der Waals surface area contributed by atoms with Crippen molar-refractivity contribution in [3.63, 3.8) is 0 Å². The van der Waals surface area contributed by atoms with Crippen molar-refractivity contribution in [3.8, 4) is 0 Å². The van der Waals surface area contributed by atoms with Gasteiger partial charge in [-0.25, -0.2) is 4.79 Å². The second kappa shape index (κ2) is 5.47. The topological polar surface area (TPSA) is 101 Å². The molecule has 0 aliphatic heterocycles. The highest BCUT2D eigenvalue weighted by Gasteiger charge is 2.22. The number of carboxylic acids is 1. The van der Waals surface area contributed by atoms with Crippen LogP contribution in [0.5, 0.6) is 0 Å². The Morgan fingerprint density at radius 2 is 2.00 bits per heavy atom. The van der Waals surface area contributed by atoms with E-state index < -0.39 is 22.7 Å². The molecule has 0 saturated heterocycles. The molecule has 0 fully saturated rings. The van der Waals surface area contributed by atoms with Gasteiger partial charge in [0.15, 0.2) is 5.78 Å². The minimum atomic E-state index is -1.02. The van der Waals surface area contributed by atoms with Crippen LogP contribution in [0.3, 0.4) is 0 Å². The highest BCUT2D eigenvalue weighted by atomic mass is 16.6. The lowest BCUT2D eigenvalue weighted by Crippen LogP contribution is -2.35. The fraction of sp³-hybridized carbons (Fsp3) is 0.333. The van der Waals surface area contributed by atoms with Gasteiger partial charge in [0.2, 0.25) is 0 Å². The van der Waals surface area contributed by atoms with Gasteiger partial charge in [-0.2, -0.15) is 0 Å². The highest BCUT2D eigenvalue weighted by Crippen LogP contribution is 2.25. The van der Waals surface area contributed by atoms with E-state index in [0.717, 1.165) is 0 Å². The van der Waals surface area contributed by atoms with Crippen LogP contribution in [0, 0.1) is 10.1 Å². The average Bonchev–Trinajstić information content (AvgIpc) is 2.35. The van der Waals surface area contributed by atoms with E-state index in [2.05, 4.69) is 0 Å². The summed E-state index contributed by atoms with van der Waals surface area (Å²) in [4.78, 5) is 33.9. The SMILES string of the molecule is CC(=O)c1cc(N(C)C(C)C(=O)O)ccc1[N+](=O)[O-]. The first kappa shape index (κ1) is 14.6. The van der Waals surface area contributed by atoms with E-state index in [9.17, 15) is 19.7 Å². The monoisotopic (exact) mass is 266 g/mol. The molecule has 0 aliphatic rings. The van der Waals surface area contributed by atoms with Gasteiger partial charge in [0, 0.05) is 18.8 Å². The molecule has 0 radical (unpaired) electrons. The normalized spacial score (nSPS) is 11.7. The Hall–Kier alpha value is -2.44. The predicted octanol–water partition coefficient (Wildman–Crippen LogP) is 1.71. The third kappa shape index (κ3) is 3.06. The molecule has 0 saturated carbocycles. The van der Waals surface area contributed by atoms with Gasteiger partial charge in [0.1, 0.15) is 6.04 Å². The number of anilines is 1. The number of aliphatic carboxylic acids is 1. The number of carbonyl (C=O) groups is 2. The lowest BCUT2D eigenvalue weighted by molar-refractivity contribution is -0.385. The van der Waals surface area contributed by atoms with Crippen molar-refractivity contribution < 1.29 is 19.6 Å². The third-order valence-corrected chi connectivity index (χ3v) is 2.90. The van der Waals surface area contributed by atoms with Crippen molar-refractivity contribution in [1.29, 1.82) is 0 Å². The fourth-order valence-corrected chi connectivity index (χ4v) is 1.57. The minimum Gasteiger partial charge on any atom is -0.480 e. The van der Waals surface area contributed by atoms with Crippen LogP contribution in [0.4, 0.5) is 11.4 Å². The maximum absolute atomic E-state index is 11.4. The van der Waals surface area contributed by atoms with Gasteiger partial charge in [-0.3, -0.25) is 14.9 Å². The summed E-state index contributed by atoms with van der Waals surface area (Å²) in [7, 11) is 1.55. The summed E-state index contributed by atoms with van der Waals surface area (Å²) in [6.45, 7) is 2.71. The van der Waals surface area contributed by atoms with E-state index in [-0.39, 0.29) is 11.3 Å². The number of nitro groups is 1. The molecular weight excluding hydrogens is 252 g/mol. The molecule has 0 amide bonds. The van der Waals surface area contributed by atoms with Crippen molar-refractivity contribution in [2.45, 2.75) is 19.9 Å². The van der Waals surface area contributed by atoms with E-state index in [1.54, 1.807) is 7.05 Å². The molecule has 0 aliphatic carbocycles. The molecule has 0 aromatic heterocycles. The van der Waals surface area contributed by atoms with Crippen molar-refractivity contribution in [1.82, 2.24) is 0 Å². The number of carbonyl (C=O) groups excluding carboxylic acids is 1. The van der Waals surface area contributed by atoms with Gasteiger partial charge in [-0.15, -0.1) is 0 Å². The van der Waals surface area contributed by atoms with Gasteiger partial charge in [0.05, 0.1) is 10.5 Å². The molecule has 0 heterocycles. The Morgan fingerprint density at radius 1 is 1.42 bits per heavy atom. The van der Waals surface area contributed by atoms with Crippen molar-refractivity contribution in [3.05, 3.63) is 33.9 Å². The van der Waals surface area contributed by atoms with Crippen LogP contribution in [-0.4, -0.2) is 34.9 Å². The quantitative estimate of drug-likeness (QED) is 0.494. The maximum Gasteiger partial charge on any atom is 0.326 e. The first-order valence-electron chi connectivity index (χ1n) is 5.50. The first-order chi connectivity index (χ1) is 8.75. The van der Waals surface area contributed by atoms with Crippen LogP contribution in [0.1, 0.15) is 24.2 Å². The first-order valence-corrected chi connectivity index (χ1v) is 5.50. The summed E-state index contributed by atoms with van der Waals surface area (Å²) in [6, 6.07) is 3.15. The van der Waals surface area contributed by atoms with E-state index in [1.165, 1.54) is 36.9 Å². The molecule has 1 aromatic rings. The van der Waals surface area contributed by atoms with E-state index in [4.69, 9.17) is 5.11 Å². The number of ketones is 1. The molecule has 0 bridgehead atoms. The van der Waals surface area contributed by atoms with Gasteiger partial charge in [0.25, 0.3) is 5.69 Å². The Labute approximate surface area is 109 Å². The van der Waals surface area contributed by atoms with Gasteiger partial charge in [-0.05, 0) is 26.0 Å². The largest absolute Gasteiger partial charge is 0.480 e. The van der Waals surface area contributed by atoms with E-state index in [1.807, 2.05) is 0 Å². The summed E-state index contributed by atoms with van der Waals surface area (Å²) in [6.07, 6.45) is 0. The van der Waals surface area contributed by atoms with Crippen LogP contribution in [0.15, 0.2) is 18.2 Å². The molecule has 7 nitrogen and oxygen atoms in total. The number of benzene rings is 1. The third-order valence-electron chi connectivity index (χ3n) is 2.90. The van der Waals surface area contributed by atoms with Crippen molar-refractivity contribution in [2.24, 2.45) is 0 Å². The number of likely N-dealkylation sites (N-methyl/N-ethyl adjacent to an activating group) is 1. The second-order valence-electron chi connectivity index (χ2n) is 4.14. The molecule has 1 atom stereocenters. The average molecular weight is 266 g/mol. The van der Waals surface area contributed by atoms with E-state index >= 15 is 0 Å². The number of carboxylic acid groups (broad SMARTS) is 1. The zero-order chi connectivity index (χ0) is 14.7. The zero-order valence-corrected chi connectivity index (χ0v) is 10.8. The second-order valence-corrected chi connectivity index (χ2v) is 4.14. The number of hydrogen-bond acceptors (Lipinski definition) is 5. The molecule has 1 aromatic carbocycles. The summed E-state index contributed by atoms with van der Waals surface area (Å²) in [5, 5.41) is 19.7. The summed E-state index contributed by atoms with van der Waals surface area (Å²) >= 11 is 0. The lowest BCUT2D eigenvalue weighted by Gasteiger charge is -2.23. The Kier molecular flexibility index (Phi) is 4.21. The van der Waals surface area contributed by atoms with E-state index in [0.29, 0.717) is 5.69 Å².